The number of aromatic nitrogens is 1. The van der Waals surface area contributed by atoms with Crippen LogP contribution in [-0.2, 0) is 4.79 Å². The normalized spacial score (nSPS) is 12.1. The molecule has 0 spiro atoms. The molecular weight excluding hydrogens is 198 g/mol. The van der Waals surface area contributed by atoms with E-state index in [4.69, 9.17) is 5.11 Å². The summed E-state index contributed by atoms with van der Waals surface area (Å²) in [5, 5.41) is 8.86. The Labute approximate surface area is 87.1 Å². The Balaban J connectivity index is 2.94. The second-order valence-electron chi connectivity index (χ2n) is 2.70. The van der Waals surface area contributed by atoms with E-state index in [0.717, 1.165) is 4.90 Å². The average Bonchev–Trinajstić information content (AvgIpc) is 2.19. The summed E-state index contributed by atoms with van der Waals surface area (Å²) < 4.78 is 1.61. The maximum Gasteiger partial charge on any atom is 0.377 e. The van der Waals surface area contributed by atoms with Crippen molar-refractivity contribution in [2.45, 2.75) is 10.9 Å². The number of thioether (sulfide) groups is 1. The van der Waals surface area contributed by atoms with E-state index in [-0.39, 0.29) is 0 Å². The van der Waals surface area contributed by atoms with E-state index in [1.807, 2.05) is 18.4 Å². The third kappa shape index (κ3) is 2.35. The second-order valence-corrected chi connectivity index (χ2v) is 3.58. The molecule has 0 saturated heterocycles. The number of carboxylic acid groups (broad SMARTS) is 1. The van der Waals surface area contributed by atoms with Crippen molar-refractivity contribution in [1.29, 1.82) is 0 Å². The number of hydrogen-bond donors (Lipinski definition) is 1. The maximum absolute atomic E-state index is 10.8. The molecule has 0 aliphatic heterocycles. The van der Waals surface area contributed by atoms with Gasteiger partial charge in [0.1, 0.15) is 0 Å². The van der Waals surface area contributed by atoms with E-state index < -0.39 is 12.0 Å². The zero-order chi connectivity index (χ0) is 10.6. The van der Waals surface area contributed by atoms with Crippen LogP contribution in [0.5, 0.6) is 0 Å². The lowest BCUT2D eigenvalue weighted by atomic mass is 10.3. The van der Waals surface area contributed by atoms with E-state index >= 15 is 0 Å². The molecule has 1 aromatic heterocycles. The van der Waals surface area contributed by atoms with Crippen molar-refractivity contribution in [3.8, 4) is 0 Å². The highest BCUT2D eigenvalue weighted by Gasteiger charge is 2.22. The Morgan fingerprint density at radius 3 is 2.57 bits per heavy atom. The van der Waals surface area contributed by atoms with Gasteiger partial charge < -0.3 is 5.11 Å². The van der Waals surface area contributed by atoms with Crippen LogP contribution in [0.25, 0.3) is 0 Å². The third-order valence-corrected chi connectivity index (χ3v) is 2.60. The van der Waals surface area contributed by atoms with Crippen LogP contribution >= 0.6 is 11.8 Å². The summed E-state index contributed by atoms with van der Waals surface area (Å²) in [6, 6.07) is 3.07. The summed E-state index contributed by atoms with van der Waals surface area (Å²) in [5.74, 6) is -0.901. The molecule has 0 fully saturated rings. The summed E-state index contributed by atoms with van der Waals surface area (Å²) in [5.41, 5.74) is 0. The molecule has 0 aliphatic rings. The molecule has 14 heavy (non-hydrogen) atoms. The van der Waals surface area contributed by atoms with Crippen LogP contribution in [-0.4, -0.2) is 17.3 Å². The molecule has 1 aromatic rings. The Hall–Kier alpha value is -1.29. The van der Waals surface area contributed by atoms with Gasteiger partial charge >= 0.3 is 5.97 Å². The molecule has 1 N–H and O–H groups in total. The molecule has 1 rings (SSSR count). The number of aliphatic carboxylic acids is 1. The number of pyridine rings is 1. The number of carbonyl (C=O) groups is 1. The SMILES string of the molecule is C=CC(C(=O)O)[n+]1ccc(SC)cc1. The van der Waals surface area contributed by atoms with Crippen molar-refractivity contribution in [2.24, 2.45) is 0 Å². The lowest BCUT2D eigenvalue weighted by Crippen LogP contribution is -2.42. The molecule has 1 heterocycles. The van der Waals surface area contributed by atoms with Crippen molar-refractivity contribution in [2.75, 3.05) is 6.26 Å². The summed E-state index contributed by atoms with van der Waals surface area (Å²) in [7, 11) is 0. The predicted octanol–water partition coefficient (Wildman–Crippen LogP) is 1.51. The van der Waals surface area contributed by atoms with Gasteiger partial charge in [-0.3, -0.25) is 0 Å². The first-order chi connectivity index (χ1) is 6.69. The summed E-state index contributed by atoms with van der Waals surface area (Å²) in [6.45, 7) is 3.49. The fourth-order valence-electron chi connectivity index (χ4n) is 1.10. The first kappa shape index (κ1) is 10.8. The van der Waals surface area contributed by atoms with Crippen LogP contribution < -0.4 is 4.57 Å². The zero-order valence-corrected chi connectivity index (χ0v) is 8.70. The van der Waals surface area contributed by atoms with Gasteiger partial charge in [0, 0.05) is 17.0 Å². The number of rotatable bonds is 4. The van der Waals surface area contributed by atoms with Crippen LogP contribution in [0.1, 0.15) is 6.04 Å². The van der Waals surface area contributed by atoms with Gasteiger partial charge in [-0.2, -0.15) is 4.57 Å². The molecule has 0 radical (unpaired) electrons. The molecule has 3 nitrogen and oxygen atoms in total. The zero-order valence-electron chi connectivity index (χ0n) is 7.88. The van der Waals surface area contributed by atoms with Crippen molar-refractivity contribution in [3.05, 3.63) is 37.2 Å². The fourth-order valence-corrected chi connectivity index (χ4v) is 1.49. The molecule has 74 valence electrons. The quantitative estimate of drug-likeness (QED) is 0.465. The van der Waals surface area contributed by atoms with Crippen molar-refractivity contribution < 1.29 is 14.5 Å². The van der Waals surface area contributed by atoms with E-state index in [1.54, 1.807) is 28.7 Å². The Kier molecular flexibility index (Phi) is 3.71. The lowest BCUT2D eigenvalue weighted by Gasteiger charge is -2.02. The van der Waals surface area contributed by atoms with Crippen LogP contribution in [0.4, 0.5) is 0 Å². The minimum atomic E-state index is -0.901. The molecule has 1 unspecified atom stereocenters. The van der Waals surface area contributed by atoms with Crippen LogP contribution in [0.2, 0.25) is 0 Å². The Bertz CT molecular complexity index is 334. The molecule has 0 bridgehead atoms. The average molecular weight is 210 g/mol. The van der Waals surface area contributed by atoms with Gasteiger partial charge in [-0.25, -0.2) is 4.79 Å². The van der Waals surface area contributed by atoms with Crippen molar-refractivity contribution in [1.82, 2.24) is 0 Å². The largest absolute Gasteiger partial charge is 0.476 e. The van der Waals surface area contributed by atoms with Gasteiger partial charge in [-0.15, -0.1) is 11.8 Å². The van der Waals surface area contributed by atoms with Gasteiger partial charge in [-0.05, 0) is 12.3 Å². The highest BCUT2D eigenvalue weighted by molar-refractivity contribution is 7.98. The molecule has 1 atom stereocenters. The molecule has 0 aliphatic carbocycles. The highest BCUT2D eigenvalue weighted by Crippen LogP contribution is 2.11. The Morgan fingerprint density at radius 1 is 1.64 bits per heavy atom. The fraction of sp³-hybridized carbons (Fsp3) is 0.200. The van der Waals surface area contributed by atoms with Crippen LogP contribution in [0, 0.1) is 0 Å². The standard InChI is InChI=1S/C10H11NO2S/c1-3-9(10(12)13)11-6-4-8(14-2)5-7-11/h3-7,9H,1H2,2H3/p+1. The third-order valence-electron chi connectivity index (χ3n) is 1.86. The van der Waals surface area contributed by atoms with Crippen molar-refractivity contribution in [3.63, 3.8) is 0 Å². The summed E-state index contributed by atoms with van der Waals surface area (Å²) in [6.07, 6.45) is 6.86. The van der Waals surface area contributed by atoms with Crippen LogP contribution in [0.3, 0.4) is 0 Å². The number of nitrogens with zero attached hydrogens (tertiary/aromatic N) is 1. The smallest absolute Gasteiger partial charge is 0.377 e. The highest BCUT2D eigenvalue weighted by atomic mass is 32.2. The maximum atomic E-state index is 10.8. The first-order valence-corrected chi connectivity index (χ1v) is 5.31. The first-order valence-electron chi connectivity index (χ1n) is 4.09. The van der Waals surface area contributed by atoms with E-state index in [2.05, 4.69) is 6.58 Å². The van der Waals surface area contributed by atoms with E-state index in [9.17, 15) is 4.79 Å². The van der Waals surface area contributed by atoms with E-state index in [1.165, 1.54) is 6.08 Å². The van der Waals surface area contributed by atoms with E-state index in [0.29, 0.717) is 0 Å². The molecular formula is C10H12NO2S+. The van der Waals surface area contributed by atoms with Gasteiger partial charge in [0.25, 0.3) is 6.04 Å². The van der Waals surface area contributed by atoms with Gasteiger partial charge in [0.05, 0.1) is 0 Å². The number of hydrogen-bond acceptors (Lipinski definition) is 2. The van der Waals surface area contributed by atoms with Gasteiger partial charge in [-0.1, -0.05) is 6.58 Å². The summed E-state index contributed by atoms with van der Waals surface area (Å²) >= 11 is 1.62. The van der Waals surface area contributed by atoms with Gasteiger partial charge in [0.15, 0.2) is 12.4 Å². The van der Waals surface area contributed by atoms with Crippen LogP contribution in [0.15, 0.2) is 42.1 Å². The van der Waals surface area contributed by atoms with Crippen molar-refractivity contribution >= 4 is 17.7 Å². The molecule has 4 heteroatoms. The summed E-state index contributed by atoms with van der Waals surface area (Å²) in [4.78, 5) is 11.9. The Morgan fingerprint density at radius 2 is 2.21 bits per heavy atom. The topological polar surface area (TPSA) is 41.2 Å². The molecule has 0 amide bonds. The minimum Gasteiger partial charge on any atom is -0.476 e. The molecule has 0 saturated carbocycles. The predicted molar refractivity (Wildman–Crippen MR) is 55.3 cm³/mol. The minimum absolute atomic E-state index is 0.689. The number of carboxylic acids is 1. The van der Waals surface area contributed by atoms with Gasteiger partial charge in [0.2, 0.25) is 0 Å². The second kappa shape index (κ2) is 4.81. The molecule has 0 aromatic carbocycles. The monoisotopic (exact) mass is 210 g/mol. The lowest BCUT2D eigenvalue weighted by molar-refractivity contribution is -0.700.